The van der Waals surface area contributed by atoms with Crippen molar-refractivity contribution in [1.82, 2.24) is 10.6 Å². The lowest BCUT2D eigenvalue weighted by atomic mass is 10.2. The van der Waals surface area contributed by atoms with Crippen molar-refractivity contribution in [3.8, 4) is 5.75 Å². The Labute approximate surface area is 170 Å². The maximum Gasteiger partial charge on any atom is 0.513 e. The van der Waals surface area contributed by atoms with Crippen molar-refractivity contribution in [3.05, 3.63) is 65.0 Å². The summed E-state index contributed by atoms with van der Waals surface area (Å²) in [6.07, 6.45) is -0.535. The van der Waals surface area contributed by atoms with Crippen molar-refractivity contribution in [1.29, 1.82) is 0 Å². The molecule has 0 aliphatic carbocycles. The second-order valence-corrected chi connectivity index (χ2v) is 5.90. The maximum absolute atomic E-state index is 13.6. The largest absolute Gasteiger partial charge is 0.513 e. The molecule has 10 heteroatoms. The van der Waals surface area contributed by atoms with Gasteiger partial charge in [-0.15, -0.1) is 0 Å². The van der Waals surface area contributed by atoms with E-state index in [1.165, 1.54) is 24.3 Å². The smallest absolute Gasteiger partial charge is 0.434 e. The number of halogens is 3. The fourth-order valence-electron chi connectivity index (χ4n) is 2.31. The Morgan fingerprint density at radius 1 is 0.867 bits per heavy atom. The molecular weight excluding hydrogens is 405 g/mol. The van der Waals surface area contributed by atoms with Crippen LogP contribution in [0.3, 0.4) is 0 Å². The third kappa shape index (κ3) is 6.23. The summed E-state index contributed by atoms with van der Waals surface area (Å²) in [5.74, 6) is -5.72. The minimum Gasteiger partial charge on any atom is -0.434 e. The van der Waals surface area contributed by atoms with Crippen LogP contribution in [-0.2, 0) is 4.74 Å². The van der Waals surface area contributed by atoms with Crippen molar-refractivity contribution < 1.29 is 37.0 Å². The van der Waals surface area contributed by atoms with Crippen LogP contribution < -0.4 is 15.4 Å². The first-order valence-corrected chi connectivity index (χ1v) is 8.98. The molecule has 0 unspecified atom stereocenters. The van der Waals surface area contributed by atoms with E-state index in [0.717, 1.165) is 6.07 Å². The molecule has 2 aromatic carbocycles. The van der Waals surface area contributed by atoms with Crippen molar-refractivity contribution in [3.63, 3.8) is 0 Å². The molecule has 2 aromatic rings. The molecule has 0 aliphatic heterocycles. The summed E-state index contributed by atoms with van der Waals surface area (Å²) in [5.41, 5.74) is -0.290. The number of amides is 2. The van der Waals surface area contributed by atoms with Gasteiger partial charge in [0, 0.05) is 18.7 Å². The summed E-state index contributed by atoms with van der Waals surface area (Å²) in [4.78, 5) is 35.1. The van der Waals surface area contributed by atoms with Crippen LogP contribution >= 0.6 is 0 Å². The maximum atomic E-state index is 13.6. The zero-order chi connectivity index (χ0) is 22.1. The fraction of sp³-hybridized carbons (Fsp3) is 0.250. The van der Waals surface area contributed by atoms with Gasteiger partial charge in [-0.25, -0.2) is 18.0 Å². The van der Waals surface area contributed by atoms with Crippen LogP contribution in [-0.4, -0.2) is 37.7 Å². The minimum absolute atomic E-state index is 0.0733. The molecule has 0 bridgehead atoms. The summed E-state index contributed by atoms with van der Waals surface area (Å²) in [6, 6.07) is 7.29. The number of hydrogen-bond donors (Lipinski definition) is 2. The third-order valence-corrected chi connectivity index (χ3v) is 3.78. The van der Waals surface area contributed by atoms with E-state index in [1.54, 1.807) is 6.92 Å². The second-order valence-electron chi connectivity index (χ2n) is 5.90. The number of rotatable bonds is 8. The highest BCUT2D eigenvalue weighted by Crippen LogP contribution is 2.15. The van der Waals surface area contributed by atoms with Gasteiger partial charge in [0.15, 0.2) is 17.5 Å². The van der Waals surface area contributed by atoms with Gasteiger partial charge in [0.2, 0.25) is 0 Å². The Morgan fingerprint density at radius 2 is 1.50 bits per heavy atom. The van der Waals surface area contributed by atoms with Gasteiger partial charge in [-0.05, 0) is 49.7 Å². The number of carbonyl (C=O) groups is 3. The lowest BCUT2D eigenvalue weighted by Crippen LogP contribution is -2.30. The molecule has 0 radical (unpaired) electrons. The SMILES string of the molecule is CCOC(=O)Oc1ccc(C(=O)NCCCNC(=O)c2ccc(F)c(F)c2F)cc1. The lowest BCUT2D eigenvalue weighted by molar-refractivity contribution is 0.0946. The van der Waals surface area contributed by atoms with Gasteiger partial charge in [-0.3, -0.25) is 9.59 Å². The predicted octanol–water partition coefficient (Wildman–Crippen LogP) is 3.19. The molecule has 2 N–H and O–H groups in total. The number of nitrogens with one attached hydrogen (secondary N) is 2. The molecule has 7 nitrogen and oxygen atoms in total. The van der Waals surface area contributed by atoms with Gasteiger partial charge in [0.1, 0.15) is 5.75 Å². The van der Waals surface area contributed by atoms with Gasteiger partial charge >= 0.3 is 6.16 Å². The number of ether oxygens (including phenoxy) is 2. The van der Waals surface area contributed by atoms with Crippen LogP contribution in [0.5, 0.6) is 5.75 Å². The number of carbonyl (C=O) groups excluding carboxylic acids is 3. The highest BCUT2D eigenvalue weighted by Gasteiger charge is 2.18. The quantitative estimate of drug-likeness (QED) is 0.294. The van der Waals surface area contributed by atoms with Crippen molar-refractivity contribution >= 4 is 18.0 Å². The molecule has 0 spiro atoms. The van der Waals surface area contributed by atoms with E-state index in [4.69, 9.17) is 4.74 Å². The zero-order valence-corrected chi connectivity index (χ0v) is 16.0. The van der Waals surface area contributed by atoms with Gasteiger partial charge in [0.05, 0.1) is 12.2 Å². The molecule has 2 amide bonds. The molecule has 2 rings (SSSR count). The zero-order valence-electron chi connectivity index (χ0n) is 16.0. The molecular formula is C20H19F3N2O5. The Kier molecular flexibility index (Phi) is 8.21. The predicted molar refractivity (Wildman–Crippen MR) is 99.7 cm³/mol. The van der Waals surface area contributed by atoms with Crippen molar-refractivity contribution in [2.45, 2.75) is 13.3 Å². The normalized spacial score (nSPS) is 10.3. The van der Waals surface area contributed by atoms with Gasteiger partial charge in [-0.1, -0.05) is 0 Å². The lowest BCUT2D eigenvalue weighted by Gasteiger charge is -2.08. The average molecular weight is 424 g/mol. The molecule has 0 aliphatic rings. The third-order valence-electron chi connectivity index (χ3n) is 3.78. The summed E-state index contributed by atoms with van der Waals surface area (Å²) in [6.45, 7) is 2.08. The van der Waals surface area contributed by atoms with E-state index < -0.39 is 41.0 Å². The molecule has 0 fully saturated rings. The fourth-order valence-corrected chi connectivity index (χ4v) is 2.31. The van der Waals surface area contributed by atoms with Crippen molar-refractivity contribution in [2.24, 2.45) is 0 Å². The van der Waals surface area contributed by atoms with Crippen LogP contribution in [0.15, 0.2) is 36.4 Å². The first-order valence-electron chi connectivity index (χ1n) is 8.98. The minimum atomic E-state index is -1.71. The monoisotopic (exact) mass is 424 g/mol. The van der Waals surface area contributed by atoms with Crippen LogP contribution in [0.2, 0.25) is 0 Å². The van der Waals surface area contributed by atoms with E-state index in [-0.39, 0.29) is 25.4 Å². The van der Waals surface area contributed by atoms with E-state index >= 15 is 0 Å². The Balaban J connectivity index is 1.74. The summed E-state index contributed by atoms with van der Waals surface area (Å²) < 4.78 is 49.1. The molecule has 0 heterocycles. The highest BCUT2D eigenvalue weighted by atomic mass is 19.2. The first kappa shape index (κ1) is 22.7. The Hall–Kier alpha value is -3.56. The van der Waals surface area contributed by atoms with E-state index in [0.29, 0.717) is 18.1 Å². The highest BCUT2D eigenvalue weighted by molar-refractivity contribution is 5.95. The van der Waals surface area contributed by atoms with Crippen LogP contribution in [0, 0.1) is 17.5 Å². The van der Waals surface area contributed by atoms with E-state index in [2.05, 4.69) is 15.4 Å². The molecule has 0 atom stereocenters. The Morgan fingerprint density at radius 3 is 2.13 bits per heavy atom. The summed E-state index contributed by atoms with van der Waals surface area (Å²) in [7, 11) is 0. The Bertz CT molecular complexity index is 919. The topological polar surface area (TPSA) is 93.7 Å². The van der Waals surface area contributed by atoms with E-state index in [9.17, 15) is 27.6 Å². The average Bonchev–Trinajstić information content (AvgIpc) is 2.72. The van der Waals surface area contributed by atoms with Crippen LogP contribution in [0.25, 0.3) is 0 Å². The van der Waals surface area contributed by atoms with Gasteiger partial charge in [-0.2, -0.15) is 0 Å². The second kappa shape index (κ2) is 10.8. The first-order chi connectivity index (χ1) is 14.3. The van der Waals surface area contributed by atoms with Crippen LogP contribution in [0.4, 0.5) is 18.0 Å². The summed E-state index contributed by atoms with van der Waals surface area (Å²) >= 11 is 0. The van der Waals surface area contributed by atoms with Gasteiger partial charge < -0.3 is 20.1 Å². The molecule has 0 saturated heterocycles. The van der Waals surface area contributed by atoms with Crippen molar-refractivity contribution in [2.75, 3.05) is 19.7 Å². The van der Waals surface area contributed by atoms with Gasteiger partial charge in [0.25, 0.3) is 11.8 Å². The molecule has 0 saturated carbocycles. The number of benzene rings is 2. The number of hydrogen-bond acceptors (Lipinski definition) is 5. The molecule has 160 valence electrons. The molecule has 0 aromatic heterocycles. The molecule has 30 heavy (non-hydrogen) atoms. The van der Waals surface area contributed by atoms with E-state index in [1.807, 2.05) is 0 Å². The summed E-state index contributed by atoms with van der Waals surface area (Å²) in [5, 5.41) is 4.97. The van der Waals surface area contributed by atoms with Crippen LogP contribution in [0.1, 0.15) is 34.1 Å². The standard InChI is InChI=1S/C20H19F3N2O5/c1-2-29-20(28)30-13-6-4-12(5-7-13)18(26)24-10-3-11-25-19(27)14-8-9-15(21)17(23)16(14)22/h4-9H,2-3,10-11H2,1H3,(H,24,26)(H,25,27).